The second-order valence-electron chi connectivity index (χ2n) is 6.73. The summed E-state index contributed by atoms with van der Waals surface area (Å²) in [7, 11) is 0. The smallest absolute Gasteiger partial charge is 0.340 e. The maximum atomic E-state index is 12.6. The van der Waals surface area contributed by atoms with E-state index < -0.39 is 10.9 Å². The molecule has 0 atom stereocenters. The number of hydrogen-bond acceptors (Lipinski definition) is 7. The van der Waals surface area contributed by atoms with Crippen LogP contribution in [0.1, 0.15) is 27.2 Å². The number of nitrogens with zero attached hydrogens (tertiary/aromatic N) is 2. The molecular weight excluding hydrogens is 388 g/mol. The van der Waals surface area contributed by atoms with Gasteiger partial charge in [0.15, 0.2) is 6.79 Å². The van der Waals surface area contributed by atoms with E-state index >= 15 is 0 Å². The van der Waals surface area contributed by atoms with Gasteiger partial charge in [-0.15, -0.1) is 0 Å². The van der Waals surface area contributed by atoms with Crippen LogP contribution in [0.2, 0.25) is 0 Å². The first-order valence-electron chi connectivity index (χ1n) is 9.24. The number of benzene rings is 2. The molecule has 0 radical (unpaired) electrons. The van der Waals surface area contributed by atoms with Gasteiger partial charge in [0.2, 0.25) is 0 Å². The van der Waals surface area contributed by atoms with Crippen molar-refractivity contribution >= 4 is 11.7 Å². The molecule has 4 rings (SSSR count). The fraction of sp³-hybridized carbons (Fsp3) is 0.182. The van der Waals surface area contributed by atoms with Crippen molar-refractivity contribution in [2.75, 3.05) is 6.79 Å². The molecule has 0 N–H and O–H groups in total. The molecule has 0 saturated heterocycles. The lowest BCUT2D eigenvalue weighted by Crippen LogP contribution is -2.15. The van der Waals surface area contributed by atoms with Gasteiger partial charge >= 0.3 is 5.97 Å². The Kier molecular flexibility index (Phi) is 5.40. The van der Waals surface area contributed by atoms with E-state index in [4.69, 9.17) is 14.2 Å². The third-order valence-electron chi connectivity index (χ3n) is 4.72. The Morgan fingerprint density at radius 2 is 2.00 bits per heavy atom. The minimum Gasteiger partial charge on any atom is -0.467 e. The largest absolute Gasteiger partial charge is 0.467 e. The van der Waals surface area contributed by atoms with E-state index in [-0.39, 0.29) is 25.7 Å². The van der Waals surface area contributed by atoms with Gasteiger partial charge in [-0.25, -0.2) is 4.79 Å². The number of aryl methyl sites for hydroxylation is 1. The minimum atomic E-state index is -0.563. The molecule has 0 aliphatic carbocycles. The predicted molar refractivity (Wildman–Crippen MR) is 107 cm³/mol. The van der Waals surface area contributed by atoms with Crippen LogP contribution >= 0.6 is 0 Å². The first kappa shape index (κ1) is 19.5. The molecular formula is C22H18N2O6. The molecule has 0 saturated carbocycles. The number of ether oxygens (including phenoxy) is 3. The Balaban J connectivity index is 1.54. The average Bonchev–Trinajstić information content (AvgIpc) is 2.77. The SMILES string of the molecule is Cc1nc(-c2ccccc2)ccc1C(=O)OCc1cc([N+](=O)[O-])cc2c1OCOC2. The summed E-state index contributed by atoms with van der Waals surface area (Å²) in [4.78, 5) is 27.8. The van der Waals surface area contributed by atoms with Gasteiger partial charge in [-0.05, 0) is 19.1 Å². The number of nitro groups is 1. The third kappa shape index (κ3) is 3.99. The molecule has 0 bridgehead atoms. The standard InChI is InChI=1S/C22H18N2O6/c1-14-19(7-8-20(23-14)15-5-3-2-4-6-15)22(25)29-12-17-10-18(24(26)27)9-16-11-28-13-30-21(16)17/h2-10H,11-13H2,1H3. The molecule has 0 spiro atoms. The van der Waals surface area contributed by atoms with Gasteiger partial charge < -0.3 is 14.2 Å². The van der Waals surface area contributed by atoms with Crippen molar-refractivity contribution in [1.29, 1.82) is 0 Å². The molecule has 30 heavy (non-hydrogen) atoms. The zero-order valence-electron chi connectivity index (χ0n) is 16.2. The number of pyridine rings is 1. The number of esters is 1. The van der Waals surface area contributed by atoms with Crippen LogP contribution < -0.4 is 4.74 Å². The van der Waals surface area contributed by atoms with Crippen LogP contribution in [0.3, 0.4) is 0 Å². The summed E-state index contributed by atoms with van der Waals surface area (Å²) in [6.07, 6.45) is 0. The Morgan fingerprint density at radius 3 is 2.73 bits per heavy atom. The number of carbonyl (C=O) groups is 1. The fourth-order valence-corrected chi connectivity index (χ4v) is 3.26. The number of aromatic nitrogens is 1. The Morgan fingerprint density at radius 1 is 1.20 bits per heavy atom. The maximum absolute atomic E-state index is 12.6. The van der Waals surface area contributed by atoms with Gasteiger partial charge in [0.1, 0.15) is 12.4 Å². The number of rotatable bonds is 5. The van der Waals surface area contributed by atoms with Gasteiger partial charge in [-0.2, -0.15) is 0 Å². The molecule has 0 fully saturated rings. The normalized spacial score (nSPS) is 12.6. The third-order valence-corrected chi connectivity index (χ3v) is 4.72. The highest BCUT2D eigenvalue weighted by Crippen LogP contribution is 2.33. The highest BCUT2D eigenvalue weighted by atomic mass is 16.7. The summed E-state index contributed by atoms with van der Waals surface area (Å²) in [6.45, 7) is 1.80. The topological polar surface area (TPSA) is 101 Å². The highest BCUT2D eigenvalue weighted by molar-refractivity contribution is 5.91. The van der Waals surface area contributed by atoms with Crippen molar-refractivity contribution in [3.05, 3.63) is 87.1 Å². The van der Waals surface area contributed by atoms with E-state index in [1.807, 2.05) is 30.3 Å². The second-order valence-corrected chi connectivity index (χ2v) is 6.73. The van der Waals surface area contributed by atoms with E-state index in [0.29, 0.717) is 28.1 Å². The molecule has 3 aromatic rings. The Bertz CT molecular complexity index is 1110. The quantitative estimate of drug-likeness (QED) is 0.356. The van der Waals surface area contributed by atoms with Crippen molar-refractivity contribution in [1.82, 2.24) is 4.98 Å². The molecule has 1 aliphatic heterocycles. The number of nitro benzene ring substituents is 1. The minimum absolute atomic E-state index is 0.0374. The van der Waals surface area contributed by atoms with Gasteiger partial charge in [-0.1, -0.05) is 30.3 Å². The van der Waals surface area contributed by atoms with E-state index in [9.17, 15) is 14.9 Å². The summed E-state index contributed by atoms with van der Waals surface area (Å²) < 4.78 is 16.1. The monoisotopic (exact) mass is 406 g/mol. The number of hydrogen-bond donors (Lipinski definition) is 0. The molecule has 1 aliphatic rings. The van der Waals surface area contributed by atoms with Crippen LogP contribution in [0.25, 0.3) is 11.3 Å². The highest BCUT2D eigenvalue weighted by Gasteiger charge is 2.22. The van der Waals surface area contributed by atoms with Crippen LogP contribution in [0.15, 0.2) is 54.6 Å². The molecule has 8 nitrogen and oxygen atoms in total. The van der Waals surface area contributed by atoms with E-state index in [1.54, 1.807) is 19.1 Å². The van der Waals surface area contributed by atoms with Crippen LogP contribution in [-0.4, -0.2) is 22.7 Å². The van der Waals surface area contributed by atoms with E-state index in [1.165, 1.54) is 12.1 Å². The molecule has 2 heterocycles. The van der Waals surface area contributed by atoms with Crippen molar-refractivity contribution < 1.29 is 23.9 Å². The summed E-state index contributed by atoms with van der Waals surface area (Å²) in [5, 5.41) is 11.2. The Labute approximate surface area is 172 Å². The zero-order valence-corrected chi connectivity index (χ0v) is 16.2. The number of carbonyl (C=O) groups excluding carboxylic acids is 1. The van der Waals surface area contributed by atoms with Crippen molar-refractivity contribution in [2.24, 2.45) is 0 Å². The van der Waals surface area contributed by atoms with Crippen molar-refractivity contribution in [3.8, 4) is 17.0 Å². The van der Waals surface area contributed by atoms with Crippen LogP contribution in [0.4, 0.5) is 5.69 Å². The predicted octanol–water partition coefficient (Wildman–Crippen LogP) is 4.19. The fourth-order valence-electron chi connectivity index (χ4n) is 3.26. The van der Waals surface area contributed by atoms with Crippen LogP contribution in [-0.2, 0) is 22.7 Å². The second kappa shape index (κ2) is 8.30. The summed E-state index contributed by atoms with van der Waals surface area (Å²) in [6, 6.07) is 15.8. The van der Waals surface area contributed by atoms with Crippen molar-refractivity contribution in [2.45, 2.75) is 20.1 Å². The van der Waals surface area contributed by atoms with Crippen LogP contribution in [0, 0.1) is 17.0 Å². The number of fused-ring (bicyclic) bond motifs is 1. The van der Waals surface area contributed by atoms with E-state index in [2.05, 4.69) is 4.98 Å². The van der Waals surface area contributed by atoms with Crippen molar-refractivity contribution in [3.63, 3.8) is 0 Å². The average molecular weight is 406 g/mol. The zero-order chi connectivity index (χ0) is 21.1. The molecule has 1 aromatic heterocycles. The van der Waals surface area contributed by atoms with Gasteiger partial charge in [0.25, 0.3) is 5.69 Å². The van der Waals surface area contributed by atoms with Crippen LogP contribution in [0.5, 0.6) is 5.75 Å². The lowest BCUT2D eigenvalue weighted by Gasteiger charge is -2.20. The molecule has 0 amide bonds. The van der Waals surface area contributed by atoms with Gasteiger partial charge in [0, 0.05) is 28.8 Å². The molecule has 8 heteroatoms. The number of non-ortho nitro benzene ring substituents is 1. The Hall–Kier alpha value is -3.78. The first-order chi connectivity index (χ1) is 14.5. The summed E-state index contributed by atoms with van der Waals surface area (Å²) >= 11 is 0. The first-order valence-corrected chi connectivity index (χ1v) is 9.24. The van der Waals surface area contributed by atoms with Gasteiger partial charge in [0.05, 0.1) is 28.5 Å². The lowest BCUT2D eigenvalue weighted by molar-refractivity contribution is -0.385. The van der Waals surface area contributed by atoms with Gasteiger partial charge in [-0.3, -0.25) is 15.1 Å². The molecule has 0 unspecified atom stereocenters. The summed E-state index contributed by atoms with van der Waals surface area (Å²) in [5.41, 5.74) is 3.42. The maximum Gasteiger partial charge on any atom is 0.340 e. The lowest BCUT2D eigenvalue weighted by atomic mass is 10.1. The van der Waals surface area contributed by atoms with E-state index in [0.717, 1.165) is 11.3 Å². The molecule has 152 valence electrons. The summed E-state index contributed by atoms with van der Waals surface area (Å²) in [5.74, 6) is -0.110. The molecule has 2 aromatic carbocycles.